The molecule has 0 fully saturated rings. The zero-order valence-corrected chi connectivity index (χ0v) is 14.0. The van der Waals surface area contributed by atoms with Crippen LogP contribution in [0.4, 0.5) is 0 Å². The lowest BCUT2D eigenvalue weighted by molar-refractivity contribution is -0.141. The molecule has 0 saturated heterocycles. The molecule has 0 saturated carbocycles. The van der Waals surface area contributed by atoms with Gasteiger partial charge >= 0.3 is 5.97 Å². The molecule has 2 heterocycles. The van der Waals surface area contributed by atoms with Crippen molar-refractivity contribution in [3.05, 3.63) is 52.5 Å². The molecule has 0 atom stereocenters. The largest absolute Gasteiger partial charge is 0.468 e. The highest BCUT2D eigenvalue weighted by Gasteiger charge is 2.14. The number of benzene rings is 1. The highest BCUT2D eigenvalue weighted by Crippen LogP contribution is 2.16. The fraction of sp³-hybridized carbons (Fsp3) is 0.235. The number of hydrogen-bond donors (Lipinski definition) is 1. The van der Waals surface area contributed by atoms with Crippen LogP contribution in [0.1, 0.15) is 15.5 Å². The lowest BCUT2D eigenvalue weighted by Gasteiger charge is -2.08. The van der Waals surface area contributed by atoms with Crippen molar-refractivity contribution in [3.63, 3.8) is 0 Å². The third-order valence-electron chi connectivity index (χ3n) is 3.63. The van der Waals surface area contributed by atoms with Gasteiger partial charge in [0.1, 0.15) is 12.4 Å². The summed E-state index contributed by atoms with van der Waals surface area (Å²) in [4.78, 5) is 28.9. The molecule has 124 valence electrons. The molecule has 0 bridgehead atoms. The van der Waals surface area contributed by atoms with Crippen LogP contribution in [-0.4, -0.2) is 35.1 Å². The minimum atomic E-state index is -0.331. The van der Waals surface area contributed by atoms with Gasteiger partial charge in [-0.1, -0.05) is 18.2 Å². The molecule has 24 heavy (non-hydrogen) atoms. The second-order valence-corrected chi connectivity index (χ2v) is 6.11. The van der Waals surface area contributed by atoms with Crippen molar-refractivity contribution in [2.24, 2.45) is 0 Å². The lowest BCUT2D eigenvalue weighted by Crippen LogP contribution is -2.26. The molecule has 3 rings (SSSR count). The summed E-state index contributed by atoms with van der Waals surface area (Å²) in [6.45, 7) is 0.548. The molecular formula is C17H17N3O3S. The summed E-state index contributed by atoms with van der Waals surface area (Å²) in [5, 5.41) is 4.74. The van der Waals surface area contributed by atoms with E-state index in [0.717, 1.165) is 16.9 Å². The van der Waals surface area contributed by atoms with Crippen LogP contribution in [0.25, 0.3) is 11.0 Å². The summed E-state index contributed by atoms with van der Waals surface area (Å²) in [6, 6.07) is 11.2. The van der Waals surface area contributed by atoms with E-state index in [9.17, 15) is 9.59 Å². The van der Waals surface area contributed by atoms with Crippen molar-refractivity contribution >= 4 is 34.2 Å². The smallest absolute Gasteiger partial charge is 0.325 e. The summed E-state index contributed by atoms with van der Waals surface area (Å²) < 4.78 is 6.60. The second kappa shape index (κ2) is 7.27. The quantitative estimate of drug-likeness (QED) is 0.697. The summed E-state index contributed by atoms with van der Waals surface area (Å²) in [5.41, 5.74) is 1.70. The average Bonchev–Trinajstić information content (AvgIpc) is 3.24. The molecule has 6 nitrogen and oxygen atoms in total. The summed E-state index contributed by atoms with van der Waals surface area (Å²) in [6.07, 6.45) is 0.531. The molecule has 0 radical (unpaired) electrons. The van der Waals surface area contributed by atoms with Crippen molar-refractivity contribution < 1.29 is 14.3 Å². The van der Waals surface area contributed by atoms with Crippen LogP contribution in [0.15, 0.2) is 41.8 Å². The van der Waals surface area contributed by atoms with Gasteiger partial charge in [-0.3, -0.25) is 9.59 Å². The lowest BCUT2D eigenvalue weighted by atomic mass is 10.3. The van der Waals surface area contributed by atoms with Gasteiger partial charge in [0, 0.05) is 13.0 Å². The highest BCUT2D eigenvalue weighted by molar-refractivity contribution is 7.12. The number of amides is 1. The molecule has 7 heteroatoms. The molecule has 1 amide bonds. The summed E-state index contributed by atoms with van der Waals surface area (Å²) >= 11 is 1.40. The van der Waals surface area contributed by atoms with E-state index in [4.69, 9.17) is 4.74 Å². The van der Waals surface area contributed by atoms with Crippen molar-refractivity contribution in [2.45, 2.75) is 13.0 Å². The second-order valence-electron chi connectivity index (χ2n) is 5.16. The van der Waals surface area contributed by atoms with Crippen molar-refractivity contribution in [1.29, 1.82) is 0 Å². The number of thiophene rings is 1. The van der Waals surface area contributed by atoms with E-state index in [1.54, 1.807) is 6.07 Å². The Morgan fingerprint density at radius 1 is 1.25 bits per heavy atom. The Bertz CT molecular complexity index is 855. The number of methoxy groups -OCH3 is 1. The van der Waals surface area contributed by atoms with Crippen molar-refractivity contribution in [1.82, 2.24) is 14.9 Å². The first kappa shape index (κ1) is 16.2. The molecule has 0 aliphatic heterocycles. The minimum Gasteiger partial charge on any atom is -0.468 e. The van der Waals surface area contributed by atoms with Gasteiger partial charge in [0.25, 0.3) is 5.91 Å². The van der Waals surface area contributed by atoms with E-state index in [2.05, 4.69) is 10.3 Å². The van der Waals surface area contributed by atoms with Gasteiger partial charge in [0.05, 0.1) is 23.0 Å². The van der Waals surface area contributed by atoms with Crippen molar-refractivity contribution in [2.75, 3.05) is 13.7 Å². The number of nitrogens with zero attached hydrogens (tertiary/aromatic N) is 2. The zero-order chi connectivity index (χ0) is 16.9. The maximum absolute atomic E-state index is 12.0. The fourth-order valence-corrected chi connectivity index (χ4v) is 3.11. The van der Waals surface area contributed by atoms with E-state index >= 15 is 0 Å². The number of esters is 1. The topological polar surface area (TPSA) is 73.2 Å². The normalized spacial score (nSPS) is 10.7. The molecule has 1 aromatic carbocycles. The van der Waals surface area contributed by atoms with E-state index < -0.39 is 0 Å². The average molecular weight is 343 g/mol. The van der Waals surface area contributed by atoms with Gasteiger partial charge in [-0.05, 0) is 23.6 Å². The van der Waals surface area contributed by atoms with Gasteiger partial charge in [0.2, 0.25) is 0 Å². The number of para-hydroxylation sites is 2. The number of carbonyl (C=O) groups is 2. The van der Waals surface area contributed by atoms with E-state index in [1.807, 2.05) is 40.3 Å². The van der Waals surface area contributed by atoms with E-state index in [1.165, 1.54) is 18.4 Å². The Morgan fingerprint density at radius 2 is 2.08 bits per heavy atom. The van der Waals surface area contributed by atoms with Crippen LogP contribution in [0.5, 0.6) is 0 Å². The molecular weight excluding hydrogens is 326 g/mol. The number of rotatable bonds is 6. The monoisotopic (exact) mass is 343 g/mol. The van der Waals surface area contributed by atoms with Crippen molar-refractivity contribution in [3.8, 4) is 0 Å². The Labute approximate surface area is 143 Å². The highest BCUT2D eigenvalue weighted by atomic mass is 32.1. The number of hydrogen-bond acceptors (Lipinski definition) is 5. The van der Waals surface area contributed by atoms with Crippen LogP contribution in [-0.2, 0) is 22.5 Å². The zero-order valence-electron chi connectivity index (χ0n) is 13.2. The van der Waals surface area contributed by atoms with E-state index in [0.29, 0.717) is 17.8 Å². The number of fused-ring (bicyclic) bond motifs is 1. The van der Waals surface area contributed by atoms with Gasteiger partial charge in [-0.15, -0.1) is 11.3 Å². The predicted molar refractivity (Wildman–Crippen MR) is 92.1 cm³/mol. The number of imidazole rings is 1. The standard InChI is InChI=1S/C17H17N3O3S/c1-23-16(21)11-20-13-6-3-2-5-12(13)19-15(20)8-9-18-17(22)14-7-4-10-24-14/h2-7,10H,8-9,11H2,1H3,(H,18,22). The molecule has 0 spiro atoms. The maximum Gasteiger partial charge on any atom is 0.325 e. The fourth-order valence-electron chi connectivity index (χ4n) is 2.47. The number of carbonyl (C=O) groups excluding carboxylic acids is 2. The summed E-state index contributed by atoms with van der Waals surface area (Å²) in [5.74, 6) is 0.315. The Kier molecular flexibility index (Phi) is 4.90. The van der Waals surface area contributed by atoms with Crippen LogP contribution in [0.2, 0.25) is 0 Å². The summed E-state index contributed by atoms with van der Waals surface area (Å²) in [7, 11) is 1.36. The first-order valence-corrected chi connectivity index (χ1v) is 8.39. The first-order valence-electron chi connectivity index (χ1n) is 7.51. The molecule has 1 N–H and O–H groups in total. The Hall–Kier alpha value is -2.67. The third-order valence-corrected chi connectivity index (χ3v) is 4.50. The first-order chi connectivity index (χ1) is 11.7. The molecule has 0 aliphatic rings. The Balaban J connectivity index is 1.74. The van der Waals surface area contributed by atoms with Crippen LogP contribution in [0, 0.1) is 0 Å². The van der Waals surface area contributed by atoms with Crippen LogP contribution < -0.4 is 5.32 Å². The number of aromatic nitrogens is 2. The molecule has 2 aromatic heterocycles. The van der Waals surface area contributed by atoms with Crippen LogP contribution >= 0.6 is 11.3 Å². The minimum absolute atomic E-state index is 0.0966. The van der Waals surface area contributed by atoms with Gasteiger partial charge in [-0.2, -0.15) is 0 Å². The van der Waals surface area contributed by atoms with Gasteiger partial charge < -0.3 is 14.6 Å². The number of nitrogens with one attached hydrogen (secondary N) is 1. The third kappa shape index (κ3) is 3.46. The van der Waals surface area contributed by atoms with Gasteiger partial charge in [-0.25, -0.2) is 4.98 Å². The number of ether oxygens (including phenoxy) is 1. The van der Waals surface area contributed by atoms with Crippen LogP contribution in [0.3, 0.4) is 0 Å². The maximum atomic E-state index is 12.0. The predicted octanol–water partition coefficient (Wildman–Crippen LogP) is 2.24. The molecule has 3 aromatic rings. The van der Waals surface area contributed by atoms with E-state index in [-0.39, 0.29) is 18.4 Å². The van der Waals surface area contributed by atoms with Gasteiger partial charge in [0.15, 0.2) is 0 Å². The molecule has 0 aliphatic carbocycles. The Morgan fingerprint density at radius 3 is 2.83 bits per heavy atom. The molecule has 0 unspecified atom stereocenters. The SMILES string of the molecule is COC(=O)Cn1c(CCNC(=O)c2cccs2)nc2ccccc21.